The molecule has 1 unspecified atom stereocenters. The van der Waals surface area contributed by atoms with Crippen molar-refractivity contribution in [2.45, 2.75) is 12.5 Å². The first kappa shape index (κ1) is 11.5. The van der Waals surface area contributed by atoms with Gasteiger partial charge in [0, 0.05) is 11.6 Å². The fourth-order valence-electron chi connectivity index (χ4n) is 1.76. The average Bonchev–Trinajstić information content (AvgIpc) is 2.74. The van der Waals surface area contributed by atoms with Crippen LogP contribution in [0.4, 0.5) is 0 Å². The SMILES string of the molecule is COc1c(C(N)CC(=O)O)ccc2c1OCO2. The molecule has 0 amide bonds. The molecule has 0 aromatic heterocycles. The summed E-state index contributed by atoms with van der Waals surface area (Å²) in [5.74, 6) is 0.532. The number of carboxylic acid groups (broad SMARTS) is 1. The average molecular weight is 239 g/mol. The number of rotatable bonds is 4. The van der Waals surface area contributed by atoms with Gasteiger partial charge in [-0.1, -0.05) is 0 Å². The first-order chi connectivity index (χ1) is 8.13. The van der Waals surface area contributed by atoms with Gasteiger partial charge in [-0.25, -0.2) is 0 Å². The monoisotopic (exact) mass is 239 g/mol. The molecule has 0 aliphatic carbocycles. The van der Waals surface area contributed by atoms with Gasteiger partial charge >= 0.3 is 5.97 Å². The molecule has 17 heavy (non-hydrogen) atoms. The van der Waals surface area contributed by atoms with Crippen LogP contribution in [-0.2, 0) is 4.79 Å². The minimum Gasteiger partial charge on any atom is -0.492 e. The van der Waals surface area contributed by atoms with Gasteiger partial charge in [0.1, 0.15) is 0 Å². The Kier molecular flexibility index (Phi) is 3.06. The second-order valence-electron chi connectivity index (χ2n) is 3.63. The highest BCUT2D eigenvalue weighted by molar-refractivity contribution is 5.69. The quantitative estimate of drug-likeness (QED) is 0.811. The van der Waals surface area contributed by atoms with Gasteiger partial charge in [0.15, 0.2) is 11.5 Å². The van der Waals surface area contributed by atoms with E-state index in [1.54, 1.807) is 12.1 Å². The third-order valence-electron chi connectivity index (χ3n) is 2.52. The number of carbonyl (C=O) groups is 1. The standard InChI is InChI=1S/C11H13NO5/c1-15-10-6(7(12)4-9(13)14)2-3-8-11(10)17-5-16-8/h2-3,7H,4-5,12H2,1H3,(H,13,14). The van der Waals surface area contributed by atoms with Gasteiger partial charge in [0.05, 0.1) is 13.5 Å². The van der Waals surface area contributed by atoms with Crippen molar-refractivity contribution in [1.29, 1.82) is 0 Å². The smallest absolute Gasteiger partial charge is 0.305 e. The highest BCUT2D eigenvalue weighted by atomic mass is 16.7. The van der Waals surface area contributed by atoms with E-state index in [1.807, 2.05) is 0 Å². The van der Waals surface area contributed by atoms with Crippen LogP contribution in [0.15, 0.2) is 12.1 Å². The van der Waals surface area contributed by atoms with Gasteiger partial charge in [0.2, 0.25) is 12.5 Å². The van der Waals surface area contributed by atoms with Crippen LogP contribution in [0.2, 0.25) is 0 Å². The van der Waals surface area contributed by atoms with Crippen molar-refractivity contribution >= 4 is 5.97 Å². The molecule has 0 radical (unpaired) electrons. The zero-order chi connectivity index (χ0) is 12.4. The second-order valence-corrected chi connectivity index (χ2v) is 3.63. The van der Waals surface area contributed by atoms with Gasteiger partial charge in [0.25, 0.3) is 0 Å². The molecule has 92 valence electrons. The summed E-state index contributed by atoms with van der Waals surface area (Å²) < 4.78 is 15.7. The highest BCUT2D eigenvalue weighted by Gasteiger charge is 2.25. The molecule has 1 aliphatic heterocycles. The molecule has 1 atom stereocenters. The summed E-state index contributed by atoms with van der Waals surface area (Å²) in [6.45, 7) is 0.128. The Morgan fingerprint density at radius 1 is 1.59 bits per heavy atom. The number of methoxy groups -OCH3 is 1. The lowest BCUT2D eigenvalue weighted by molar-refractivity contribution is -0.137. The van der Waals surface area contributed by atoms with Crippen LogP contribution in [0.25, 0.3) is 0 Å². The Labute approximate surface area is 97.9 Å². The predicted molar refractivity (Wildman–Crippen MR) is 58.3 cm³/mol. The van der Waals surface area contributed by atoms with Gasteiger partial charge in [-0.05, 0) is 12.1 Å². The van der Waals surface area contributed by atoms with Crippen molar-refractivity contribution in [3.05, 3.63) is 17.7 Å². The lowest BCUT2D eigenvalue weighted by atomic mass is 10.0. The minimum atomic E-state index is -0.961. The van der Waals surface area contributed by atoms with Crippen molar-refractivity contribution in [2.75, 3.05) is 13.9 Å². The van der Waals surface area contributed by atoms with E-state index in [0.717, 1.165) is 0 Å². The highest BCUT2D eigenvalue weighted by Crippen LogP contribution is 2.44. The third-order valence-corrected chi connectivity index (χ3v) is 2.52. The van der Waals surface area contributed by atoms with Crippen molar-refractivity contribution in [1.82, 2.24) is 0 Å². The van der Waals surface area contributed by atoms with Crippen molar-refractivity contribution in [2.24, 2.45) is 5.73 Å². The van der Waals surface area contributed by atoms with Crippen LogP contribution in [0, 0.1) is 0 Å². The largest absolute Gasteiger partial charge is 0.492 e. The first-order valence-corrected chi connectivity index (χ1v) is 5.07. The van der Waals surface area contributed by atoms with Crippen molar-refractivity contribution in [3.8, 4) is 17.2 Å². The van der Waals surface area contributed by atoms with Crippen LogP contribution < -0.4 is 19.9 Å². The second kappa shape index (κ2) is 4.50. The molecule has 6 nitrogen and oxygen atoms in total. The number of carboxylic acids is 1. The fourth-order valence-corrected chi connectivity index (χ4v) is 1.76. The number of ether oxygens (including phenoxy) is 3. The number of fused-ring (bicyclic) bond motifs is 1. The van der Waals surface area contributed by atoms with Gasteiger partial charge in [-0.15, -0.1) is 0 Å². The van der Waals surface area contributed by atoms with Crippen LogP contribution in [0.3, 0.4) is 0 Å². The maximum atomic E-state index is 10.6. The lowest BCUT2D eigenvalue weighted by Crippen LogP contribution is -2.16. The molecule has 0 spiro atoms. The van der Waals surface area contributed by atoms with E-state index in [2.05, 4.69) is 0 Å². The Morgan fingerprint density at radius 3 is 3.00 bits per heavy atom. The van der Waals surface area contributed by atoms with Crippen molar-refractivity contribution < 1.29 is 24.1 Å². The fraction of sp³-hybridized carbons (Fsp3) is 0.364. The molecular weight excluding hydrogens is 226 g/mol. The van der Waals surface area contributed by atoms with E-state index < -0.39 is 12.0 Å². The van der Waals surface area contributed by atoms with Crippen LogP contribution >= 0.6 is 0 Å². The van der Waals surface area contributed by atoms with Crippen LogP contribution in [0.5, 0.6) is 17.2 Å². The molecule has 2 rings (SSSR count). The molecule has 1 heterocycles. The van der Waals surface area contributed by atoms with E-state index in [4.69, 9.17) is 25.1 Å². The molecule has 0 saturated carbocycles. The molecule has 0 fully saturated rings. The number of hydrogen-bond acceptors (Lipinski definition) is 5. The summed E-state index contributed by atoms with van der Waals surface area (Å²) in [6, 6.07) is 2.75. The summed E-state index contributed by atoms with van der Waals surface area (Å²) >= 11 is 0. The normalized spacial score (nSPS) is 14.5. The van der Waals surface area contributed by atoms with Gasteiger partial charge < -0.3 is 25.1 Å². The topological polar surface area (TPSA) is 91.0 Å². The summed E-state index contributed by atoms with van der Waals surface area (Å²) in [4.78, 5) is 10.6. The minimum absolute atomic E-state index is 0.128. The third kappa shape index (κ3) is 2.12. The molecule has 6 heteroatoms. The first-order valence-electron chi connectivity index (χ1n) is 5.07. The zero-order valence-corrected chi connectivity index (χ0v) is 9.30. The molecule has 1 aromatic carbocycles. The van der Waals surface area contributed by atoms with E-state index >= 15 is 0 Å². The molecule has 1 aliphatic rings. The molecule has 0 saturated heterocycles. The summed E-state index contributed by atoms with van der Waals surface area (Å²) in [7, 11) is 1.48. The lowest BCUT2D eigenvalue weighted by Gasteiger charge is -2.15. The van der Waals surface area contributed by atoms with Crippen LogP contribution in [-0.4, -0.2) is 25.0 Å². The zero-order valence-electron chi connectivity index (χ0n) is 9.30. The Morgan fingerprint density at radius 2 is 2.35 bits per heavy atom. The number of benzene rings is 1. The summed E-state index contributed by atoms with van der Waals surface area (Å²) in [5, 5.41) is 8.73. The van der Waals surface area contributed by atoms with Gasteiger partial charge in [-0.3, -0.25) is 4.79 Å². The summed E-state index contributed by atoms with van der Waals surface area (Å²) in [5.41, 5.74) is 6.41. The molecule has 0 bridgehead atoms. The molecule has 3 N–H and O–H groups in total. The Balaban J connectivity index is 2.37. The number of hydrogen-bond donors (Lipinski definition) is 2. The Bertz CT molecular complexity index is 446. The van der Waals surface area contributed by atoms with Crippen LogP contribution in [0.1, 0.15) is 18.0 Å². The Hall–Kier alpha value is -1.95. The maximum absolute atomic E-state index is 10.6. The number of aliphatic carboxylic acids is 1. The summed E-state index contributed by atoms with van der Waals surface area (Å²) in [6.07, 6.45) is -0.171. The maximum Gasteiger partial charge on any atom is 0.305 e. The molecular formula is C11H13NO5. The van der Waals surface area contributed by atoms with Gasteiger partial charge in [-0.2, -0.15) is 0 Å². The van der Waals surface area contributed by atoms with E-state index in [-0.39, 0.29) is 13.2 Å². The van der Waals surface area contributed by atoms with E-state index in [0.29, 0.717) is 22.8 Å². The molecule has 1 aromatic rings. The van der Waals surface area contributed by atoms with E-state index in [9.17, 15) is 4.79 Å². The van der Waals surface area contributed by atoms with E-state index in [1.165, 1.54) is 7.11 Å². The van der Waals surface area contributed by atoms with Crippen molar-refractivity contribution in [3.63, 3.8) is 0 Å². The predicted octanol–water partition coefficient (Wildman–Crippen LogP) is 0.898. The number of nitrogens with two attached hydrogens (primary N) is 1.